The topological polar surface area (TPSA) is 64.3 Å². The first-order valence-electron chi connectivity index (χ1n) is 6.06. The molecule has 0 aliphatic rings. The highest BCUT2D eigenvalue weighted by Crippen LogP contribution is 2.26. The van der Waals surface area contributed by atoms with Crippen LogP contribution < -0.4 is 15.8 Å². The van der Waals surface area contributed by atoms with E-state index in [4.69, 9.17) is 10.5 Å². The molecule has 0 saturated heterocycles. The Balaban J connectivity index is 2.06. The summed E-state index contributed by atoms with van der Waals surface area (Å²) in [5.74, 6) is 0.449. The summed E-state index contributed by atoms with van der Waals surface area (Å²) < 4.78 is 6.18. The largest absolute Gasteiger partial charge is 0.494 e. The number of amides is 1. The highest BCUT2D eigenvalue weighted by molar-refractivity contribution is 9.10. The Morgan fingerprint density at radius 1 is 1.25 bits per heavy atom. The number of hydrogen-bond donors (Lipinski definition) is 2. The molecule has 1 amide bonds. The van der Waals surface area contributed by atoms with E-state index in [2.05, 4.69) is 21.2 Å². The number of rotatable bonds is 4. The lowest BCUT2D eigenvalue weighted by Gasteiger charge is -2.11. The van der Waals surface area contributed by atoms with Crippen molar-refractivity contribution in [2.75, 3.05) is 18.2 Å². The summed E-state index contributed by atoms with van der Waals surface area (Å²) in [6.07, 6.45) is 0.306. The molecule has 0 fully saturated rings. The average Bonchev–Trinajstić information content (AvgIpc) is 2.43. The zero-order valence-corrected chi connectivity index (χ0v) is 12.6. The van der Waals surface area contributed by atoms with Crippen LogP contribution in [0.2, 0.25) is 0 Å². The summed E-state index contributed by atoms with van der Waals surface area (Å²) in [5, 5.41) is 2.82. The van der Waals surface area contributed by atoms with E-state index in [0.29, 0.717) is 23.5 Å². The standard InChI is InChI=1S/C15H15BrN2O2/c1-20-14-9-12(17)6-7-13(14)18-15(19)8-10-2-4-11(16)5-3-10/h2-7,9H,8,17H2,1H3,(H,18,19). The summed E-state index contributed by atoms with van der Waals surface area (Å²) in [7, 11) is 1.54. The summed E-state index contributed by atoms with van der Waals surface area (Å²) in [5.41, 5.74) is 7.82. The van der Waals surface area contributed by atoms with Gasteiger partial charge in [0.15, 0.2) is 0 Å². The first kappa shape index (κ1) is 14.4. The van der Waals surface area contributed by atoms with Crippen molar-refractivity contribution >= 4 is 33.2 Å². The Morgan fingerprint density at radius 2 is 1.95 bits per heavy atom. The molecular formula is C15H15BrN2O2. The van der Waals surface area contributed by atoms with Gasteiger partial charge in [0.25, 0.3) is 0 Å². The van der Waals surface area contributed by atoms with Crippen LogP contribution in [-0.4, -0.2) is 13.0 Å². The van der Waals surface area contributed by atoms with Gasteiger partial charge in [-0.15, -0.1) is 0 Å². The second-order valence-electron chi connectivity index (χ2n) is 4.31. The lowest BCUT2D eigenvalue weighted by molar-refractivity contribution is -0.115. The minimum absolute atomic E-state index is 0.101. The van der Waals surface area contributed by atoms with Crippen molar-refractivity contribution in [2.24, 2.45) is 0 Å². The lowest BCUT2D eigenvalue weighted by Crippen LogP contribution is -2.15. The Bertz CT molecular complexity index is 612. The number of hydrogen-bond acceptors (Lipinski definition) is 3. The molecule has 0 spiro atoms. The van der Waals surface area contributed by atoms with Gasteiger partial charge in [0.2, 0.25) is 5.91 Å². The van der Waals surface area contributed by atoms with Gasteiger partial charge >= 0.3 is 0 Å². The van der Waals surface area contributed by atoms with Crippen LogP contribution in [0, 0.1) is 0 Å². The third kappa shape index (κ3) is 3.74. The molecule has 5 heteroatoms. The number of carbonyl (C=O) groups is 1. The number of carbonyl (C=O) groups excluding carboxylic acids is 1. The van der Waals surface area contributed by atoms with Crippen molar-refractivity contribution in [3.05, 3.63) is 52.5 Å². The van der Waals surface area contributed by atoms with Gasteiger partial charge in [-0.1, -0.05) is 28.1 Å². The van der Waals surface area contributed by atoms with Crippen LogP contribution >= 0.6 is 15.9 Å². The van der Waals surface area contributed by atoms with E-state index in [1.165, 1.54) is 0 Å². The van der Waals surface area contributed by atoms with Crippen molar-refractivity contribution in [1.29, 1.82) is 0 Å². The maximum atomic E-state index is 12.0. The van der Waals surface area contributed by atoms with Crippen LogP contribution in [0.4, 0.5) is 11.4 Å². The van der Waals surface area contributed by atoms with Gasteiger partial charge in [0, 0.05) is 16.2 Å². The van der Waals surface area contributed by atoms with E-state index in [0.717, 1.165) is 10.0 Å². The van der Waals surface area contributed by atoms with Crippen LogP contribution in [0.25, 0.3) is 0 Å². The molecule has 4 nitrogen and oxygen atoms in total. The highest BCUT2D eigenvalue weighted by Gasteiger charge is 2.08. The predicted octanol–water partition coefficient (Wildman–Crippen LogP) is 3.22. The minimum atomic E-state index is -0.101. The van der Waals surface area contributed by atoms with Crippen molar-refractivity contribution in [3.8, 4) is 5.75 Å². The van der Waals surface area contributed by atoms with E-state index >= 15 is 0 Å². The molecule has 0 aliphatic carbocycles. The molecule has 3 N–H and O–H groups in total. The fraction of sp³-hybridized carbons (Fsp3) is 0.133. The average molecular weight is 335 g/mol. The van der Waals surface area contributed by atoms with Gasteiger partial charge in [-0.25, -0.2) is 0 Å². The number of methoxy groups -OCH3 is 1. The van der Waals surface area contributed by atoms with E-state index in [1.807, 2.05) is 24.3 Å². The van der Waals surface area contributed by atoms with Crippen LogP contribution in [-0.2, 0) is 11.2 Å². The SMILES string of the molecule is COc1cc(N)ccc1NC(=O)Cc1ccc(Br)cc1. The predicted molar refractivity (Wildman–Crippen MR) is 83.9 cm³/mol. The smallest absolute Gasteiger partial charge is 0.228 e. The molecule has 0 bridgehead atoms. The number of benzene rings is 2. The number of nitrogens with one attached hydrogen (secondary N) is 1. The van der Waals surface area contributed by atoms with Gasteiger partial charge in [-0.05, 0) is 29.8 Å². The Labute approximate surface area is 126 Å². The van der Waals surface area contributed by atoms with Crippen molar-refractivity contribution in [3.63, 3.8) is 0 Å². The van der Waals surface area contributed by atoms with Crippen LogP contribution in [0.5, 0.6) is 5.75 Å². The summed E-state index contributed by atoms with van der Waals surface area (Å²) >= 11 is 3.36. The molecule has 0 aliphatic heterocycles. The number of anilines is 2. The fourth-order valence-electron chi connectivity index (χ4n) is 1.79. The number of ether oxygens (including phenoxy) is 1. The van der Waals surface area contributed by atoms with Crippen molar-refractivity contribution in [1.82, 2.24) is 0 Å². The number of halogens is 1. The molecule has 104 valence electrons. The summed E-state index contributed by atoms with van der Waals surface area (Å²) in [6.45, 7) is 0. The van der Waals surface area contributed by atoms with E-state index in [-0.39, 0.29) is 5.91 Å². The quantitative estimate of drug-likeness (QED) is 0.843. The van der Waals surface area contributed by atoms with Gasteiger partial charge in [0.05, 0.1) is 19.2 Å². The minimum Gasteiger partial charge on any atom is -0.494 e. The molecule has 2 aromatic carbocycles. The van der Waals surface area contributed by atoms with Crippen LogP contribution in [0.15, 0.2) is 46.9 Å². The van der Waals surface area contributed by atoms with E-state index in [9.17, 15) is 4.79 Å². The molecular weight excluding hydrogens is 320 g/mol. The normalized spacial score (nSPS) is 10.1. The molecule has 2 aromatic rings. The van der Waals surface area contributed by atoms with Gasteiger partial charge in [0.1, 0.15) is 5.75 Å². The molecule has 0 heterocycles. The molecule has 20 heavy (non-hydrogen) atoms. The molecule has 0 aromatic heterocycles. The molecule has 0 atom stereocenters. The first-order valence-corrected chi connectivity index (χ1v) is 6.85. The summed E-state index contributed by atoms with van der Waals surface area (Å²) in [4.78, 5) is 12.0. The molecule has 0 saturated carbocycles. The Morgan fingerprint density at radius 3 is 2.60 bits per heavy atom. The fourth-order valence-corrected chi connectivity index (χ4v) is 2.06. The Kier molecular flexibility index (Phi) is 4.63. The number of nitrogens with two attached hydrogens (primary N) is 1. The lowest BCUT2D eigenvalue weighted by atomic mass is 10.1. The highest BCUT2D eigenvalue weighted by atomic mass is 79.9. The molecule has 2 rings (SSSR count). The van der Waals surface area contributed by atoms with E-state index < -0.39 is 0 Å². The monoisotopic (exact) mass is 334 g/mol. The summed E-state index contributed by atoms with van der Waals surface area (Å²) in [6, 6.07) is 12.8. The van der Waals surface area contributed by atoms with Gasteiger partial charge in [-0.2, -0.15) is 0 Å². The Hall–Kier alpha value is -2.01. The zero-order valence-electron chi connectivity index (χ0n) is 11.0. The van der Waals surface area contributed by atoms with Crippen molar-refractivity contribution < 1.29 is 9.53 Å². The molecule has 0 unspecified atom stereocenters. The molecule has 0 radical (unpaired) electrons. The maximum absolute atomic E-state index is 12.0. The van der Waals surface area contributed by atoms with Crippen LogP contribution in [0.1, 0.15) is 5.56 Å². The number of nitrogen functional groups attached to an aromatic ring is 1. The zero-order chi connectivity index (χ0) is 14.5. The third-order valence-electron chi connectivity index (χ3n) is 2.78. The maximum Gasteiger partial charge on any atom is 0.228 e. The van der Waals surface area contributed by atoms with Crippen LogP contribution in [0.3, 0.4) is 0 Å². The van der Waals surface area contributed by atoms with E-state index in [1.54, 1.807) is 25.3 Å². The third-order valence-corrected chi connectivity index (χ3v) is 3.31. The van der Waals surface area contributed by atoms with Crippen molar-refractivity contribution in [2.45, 2.75) is 6.42 Å². The van der Waals surface area contributed by atoms with Gasteiger partial charge in [-0.3, -0.25) is 4.79 Å². The van der Waals surface area contributed by atoms with Gasteiger partial charge < -0.3 is 15.8 Å². The second-order valence-corrected chi connectivity index (χ2v) is 5.23. The first-order chi connectivity index (χ1) is 9.58. The second kappa shape index (κ2) is 6.43.